The maximum absolute atomic E-state index is 14.2. The predicted octanol–water partition coefficient (Wildman–Crippen LogP) is 2.98. The van der Waals surface area contributed by atoms with E-state index in [1.165, 1.54) is 17.0 Å². The second-order valence-electron chi connectivity index (χ2n) is 14.0. The van der Waals surface area contributed by atoms with Gasteiger partial charge in [0.25, 0.3) is 0 Å². The Morgan fingerprint density at radius 1 is 1.07 bits per heavy atom. The molecule has 12 nitrogen and oxygen atoms in total. The molecule has 1 unspecified atom stereocenters. The topological polar surface area (TPSA) is 157 Å². The summed E-state index contributed by atoms with van der Waals surface area (Å²) in [4.78, 5) is 67.7. The molecule has 3 aliphatic rings. The van der Waals surface area contributed by atoms with E-state index in [0.29, 0.717) is 11.1 Å². The molecule has 2 heterocycles. The number of rotatable bonds is 7. The standard InChI is InChI=1S/C30H40F3N5O7/c1-28(2,3)21(34-26(43)36-29(4,5)6)24(40)38-13-16(45-27(44)37-12-15-8-7-9-19(31)17(15)14-37)10-20(38)23(39)35-30(25(41)42)11-18(30)22(32)33/h7-9,16,18,20-22H,10-14H2,1-6H3,(H,35,39)(H,41,42)(H2,34,36,43)/t16-,18+,20?,21-,30+/m1/s1. The normalized spacial score (nSPS) is 25.0. The fourth-order valence-electron chi connectivity index (χ4n) is 5.76. The second kappa shape index (κ2) is 12.0. The molecule has 0 bridgehead atoms. The first-order valence-corrected chi connectivity index (χ1v) is 14.7. The summed E-state index contributed by atoms with van der Waals surface area (Å²) < 4.78 is 46.8. The lowest BCUT2D eigenvalue weighted by molar-refractivity contribution is -0.147. The van der Waals surface area contributed by atoms with Gasteiger partial charge in [-0.2, -0.15) is 0 Å². The third-order valence-electron chi connectivity index (χ3n) is 8.22. The van der Waals surface area contributed by atoms with Crippen LogP contribution < -0.4 is 16.0 Å². The predicted molar refractivity (Wildman–Crippen MR) is 153 cm³/mol. The Hall–Kier alpha value is -4.04. The van der Waals surface area contributed by atoms with Gasteiger partial charge in [0.05, 0.1) is 19.0 Å². The number of benzene rings is 1. The van der Waals surface area contributed by atoms with Gasteiger partial charge in [-0.25, -0.2) is 27.6 Å². The number of carbonyl (C=O) groups excluding carboxylic acids is 4. The summed E-state index contributed by atoms with van der Waals surface area (Å²) in [5.41, 5.74) is -2.77. The molecule has 0 radical (unpaired) electrons. The number of ether oxygens (including phenoxy) is 1. The van der Waals surface area contributed by atoms with Gasteiger partial charge in [-0.1, -0.05) is 32.9 Å². The molecule has 1 saturated heterocycles. The minimum absolute atomic E-state index is 0.0465. The number of likely N-dealkylation sites (tertiary alicyclic amines) is 1. The Bertz CT molecular complexity index is 1380. The van der Waals surface area contributed by atoms with E-state index in [2.05, 4.69) is 16.0 Å². The lowest BCUT2D eigenvalue weighted by Gasteiger charge is -2.36. The number of aliphatic carboxylic acids is 1. The molecule has 5 atom stereocenters. The summed E-state index contributed by atoms with van der Waals surface area (Å²) in [6.45, 7) is 10.0. The van der Waals surface area contributed by atoms with E-state index in [0.717, 1.165) is 4.90 Å². The maximum atomic E-state index is 14.2. The Morgan fingerprint density at radius 2 is 1.73 bits per heavy atom. The minimum atomic E-state index is -3.00. The van der Waals surface area contributed by atoms with Crippen LogP contribution in [0.1, 0.15) is 65.5 Å². The van der Waals surface area contributed by atoms with E-state index < -0.39 is 89.2 Å². The van der Waals surface area contributed by atoms with Gasteiger partial charge in [0.2, 0.25) is 18.2 Å². The van der Waals surface area contributed by atoms with Crippen LogP contribution in [-0.4, -0.2) is 87.1 Å². The quantitative estimate of drug-likeness (QED) is 0.357. The molecule has 4 rings (SSSR count). The molecule has 1 aromatic carbocycles. The van der Waals surface area contributed by atoms with Crippen LogP contribution in [0.25, 0.3) is 0 Å². The first-order chi connectivity index (χ1) is 20.7. The monoisotopic (exact) mass is 639 g/mol. The van der Waals surface area contributed by atoms with Crippen molar-refractivity contribution in [2.24, 2.45) is 11.3 Å². The molecule has 2 aliphatic heterocycles. The number of fused-ring (bicyclic) bond motifs is 1. The zero-order chi connectivity index (χ0) is 33.6. The van der Waals surface area contributed by atoms with E-state index in [-0.39, 0.29) is 26.1 Å². The highest BCUT2D eigenvalue weighted by Crippen LogP contribution is 2.48. The number of amides is 5. The average Bonchev–Trinajstić information content (AvgIpc) is 3.24. The molecule has 0 spiro atoms. The van der Waals surface area contributed by atoms with Crippen molar-refractivity contribution < 1.29 is 47.0 Å². The number of carboxylic acid groups (broad SMARTS) is 1. The summed E-state index contributed by atoms with van der Waals surface area (Å²) in [5.74, 6) is -5.43. The number of carbonyl (C=O) groups is 5. The Balaban J connectivity index is 1.57. The highest BCUT2D eigenvalue weighted by atomic mass is 19.3. The number of hydrogen-bond donors (Lipinski definition) is 4. The Kier molecular flexibility index (Phi) is 9.06. The van der Waals surface area contributed by atoms with Crippen molar-refractivity contribution in [3.63, 3.8) is 0 Å². The van der Waals surface area contributed by atoms with Gasteiger partial charge in [-0.3, -0.25) is 14.5 Å². The van der Waals surface area contributed by atoms with Crippen LogP contribution >= 0.6 is 0 Å². The van der Waals surface area contributed by atoms with Crippen LogP contribution in [0.15, 0.2) is 18.2 Å². The zero-order valence-electron chi connectivity index (χ0n) is 26.1. The van der Waals surface area contributed by atoms with Gasteiger partial charge in [0.15, 0.2) is 0 Å². The number of nitrogens with one attached hydrogen (secondary N) is 3. The molecule has 248 valence electrons. The van der Waals surface area contributed by atoms with Crippen LogP contribution in [0.5, 0.6) is 0 Å². The van der Waals surface area contributed by atoms with Crippen molar-refractivity contribution in [1.29, 1.82) is 0 Å². The molecule has 45 heavy (non-hydrogen) atoms. The van der Waals surface area contributed by atoms with Crippen molar-refractivity contribution in [3.05, 3.63) is 35.1 Å². The first kappa shape index (κ1) is 33.8. The number of alkyl halides is 2. The lowest BCUT2D eigenvalue weighted by Crippen LogP contribution is -2.61. The molecule has 0 aromatic heterocycles. The fraction of sp³-hybridized carbons (Fsp3) is 0.633. The summed E-state index contributed by atoms with van der Waals surface area (Å²) in [6, 6.07) is 1.24. The number of carboxylic acids is 1. The van der Waals surface area contributed by atoms with Crippen LogP contribution in [0.2, 0.25) is 0 Å². The summed E-state index contributed by atoms with van der Waals surface area (Å²) in [5, 5.41) is 17.3. The van der Waals surface area contributed by atoms with Crippen LogP contribution in [-0.2, 0) is 32.2 Å². The number of urea groups is 1. The number of hydrogen-bond acceptors (Lipinski definition) is 6. The van der Waals surface area contributed by atoms with Gasteiger partial charge in [-0.15, -0.1) is 0 Å². The molecule has 4 N–H and O–H groups in total. The molecule has 5 amide bonds. The summed E-state index contributed by atoms with van der Waals surface area (Å²) in [6.07, 6.45) is -5.63. The largest absolute Gasteiger partial charge is 0.479 e. The van der Waals surface area contributed by atoms with Crippen LogP contribution in [0.3, 0.4) is 0 Å². The van der Waals surface area contributed by atoms with E-state index in [1.807, 2.05) is 0 Å². The van der Waals surface area contributed by atoms with Crippen molar-refractivity contribution in [1.82, 2.24) is 25.8 Å². The maximum Gasteiger partial charge on any atom is 0.410 e. The highest BCUT2D eigenvalue weighted by molar-refractivity contribution is 5.96. The Labute approximate surface area is 259 Å². The van der Waals surface area contributed by atoms with Crippen molar-refractivity contribution in [2.45, 2.75) is 103 Å². The zero-order valence-corrected chi connectivity index (χ0v) is 26.1. The Morgan fingerprint density at radius 3 is 2.27 bits per heavy atom. The van der Waals surface area contributed by atoms with Gasteiger partial charge in [0.1, 0.15) is 29.5 Å². The third-order valence-corrected chi connectivity index (χ3v) is 8.22. The molecule has 2 fully saturated rings. The number of halogens is 3. The van der Waals surface area contributed by atoms with Gasteiger partial charge in [0, 0.05) is 24.1 Å². The molecular formula is C30H40F3N5O7. The van der Waals surface area contributed by atoms with Crippen LogP contribution in [0.4, 0.5) is 22.8 Å². The third kappa shape index (κ3) is 7.28. The van der Waals surface area contributed by atoms with Gasteiger partial charge in [-0.05, 0) is 44.2 Å². The second-order valence-corrected chi connectivity index (χ2v) is 14.0. The van der Waals surface area contributed by atoms with E-state index in [9.17, 15) is 42.3 Å². The van der Waals surface area contributed by atoms with E-state index in [1.54, 1.807) is 47.6 Å². The molecular weight excluding hydrogens is 599 g/mol. The van der Waals surface area contributed by atoms with E-state index >= 15 is 0 Å². The molecule has 1 aromatic rings. The molecule has 15 heteroatoms. The average molecular weight is 640 g/mol. The van der Waals surface area contributed by atoms with Crippen molar-refractivity contribution in [2.75, 3.05) is 6.54 Å². The summed E-state index contributed by atoms with van der Waals surface area (Å²) in [7, 11) is 0. The molecule has 1 aliphatic carbocycles. The fourth-order valence-corrected chi connectivity index (χ4v) is 5.76. The number of nitrogens with zero attached hydrogens (tertiary/aromatic N) is 2. The highest BCUT2D eigenvalue weighted by Gasteiger charge is 2.66. The lowest BCUT2D eigenvalue weighted by atomic mass is 9.85. The minimum Gasteiger partial charge on any atom is -0.479 e. The van der Waals surface area contributed by atoms with E-state index in [4.69, 9.17) is 4.74 Å². The molecule has 1 saturated carbocycles. The van der Waals surface area contributed by atoms with Crippen molar-refractivity contribution >= 4 is 29.9 Å². The first-order valence-electron chi connectivity index (χ1n) is 14.7. The van der Waals surface area contributed by atoms with Crippen LogP contribution in [0, 0.1) is 17.2 Å². The van der Waals surface area contributed by atoms with Crippen molar-refractivity contribution in [3.8, 4) is 0 Å². The SMILES string of the molecule is CC(C)(C)NC(=O)N[C@H](C(=O)N1C[C@H](OC(=O)N2Cc3cccc(F)c3C2)CC1C(=O)N[C@@]1(C(=O)O)C[C@H]1C(F)F)C(C)(C)C. The van der Waals surface area contributed by atoms with Gasteiger partial charge < -0.3 is 30.7 Å². The summed E-state index contributed by atoms with van der Waals surface area (Å²) >= 11 is 0. The van der Waals surface area contributed by atoms with Gasteiger partial charge >= 0.3 is 18.1 Å². The smallest absolute Gasteiger partial charge is 0.410 e.